The molecule has 1 aromatic carbocycles. The van der Waals surface area contributed by atoms with Crippen LogP contribution >= 0.6 is 23.4 Å². The molecule has 15 heavy (non-hydrogen) atoms. The first-order valence-corrected chi connectivity index (χ1v) is 6.36. The second kappa shape index (κ2) is 6.99. The molecule has 0 spiro atoms. The van der Waals surface area contributed by atoms with Gasteiger partial charge < -0.3 is 10.5 Å². The highest BCUT2D eigenvalue weighted by molar-refractivity contribution is 7.99. The number of benzene rings is 1. The van der Waals surface area contributed by atoms with Crippen molar-refractivity contribution in [3.63, 3.8) is 0 Å². The minimum absolute atomic E-state index is 0.718. The summed E-state index contributed by atoms with van der Waals surface area (Å²) in [5.74, 6) is 0.883. The summed E-state index contributed by atoms with van der Waals surface area (Å²) in [7, 11) is 0. The maximum absolute atomic E-state index is 6.03. The summed E-state index contributed by atoms with van der Waals surface area (Å²) in [4.78, 5) is 0.958. The second-order valence-electron chi connectivity index (χ2n) is 3.12. The van der Waals surface area contributed by atoms with Gasteiger partial charge in [0.25, 0.3) is 0 Å². The van der Waals surface area contributed by atoms with Gasteiger partial charge in [-0.1, -0.05) is 24.6 Å². The van der Waals surface area contributed by atoms with Crippen LogP contribution in [0.15, 0.2) is 23.1 Å². The number of rotatable bonds is 6. The first-order valence-electron chi connectivity index (χ1n) is 5.00. The van der Waals surface area contributed by atoms with E-state index in [9.17, 15) is 0 Å². The largest absolute Gasteiger partial charge is 0.398 e. The molecule has 1 rings (SSSR count). The topological polar surface area (TPSA) is 35.2 Å². The van der Waals surface area contributed by atoms with Gasteiger partial charge in [-0.25, -0.2) is 0 Å². The molecule has 0 fully saturated rings. The Morgan fingerprint density at radius 2 is 2.20 bits per heavy atom. The third kappa shape index (κ3) is 4.33. The second-order valence-corrected chi connectivity index (χ2v) is 4.63. The van der Waals surface area contributed by atoms with Gasteiger partial charge in [-0.3, -0.25) is 0 Å². The lowest BCUT2D eigenvalue weighted by molar-refractivity contribution is 0.151. The van der Waals surface area contributed by atoms with Crippen LogP contribution in [0.2, 0.25) is 5.02 Å². The molecule has 0 unspecified atom stereocenters. The maximum atomic E-state index is 6.03. The van der Waals surface area contributed by atoms with Gasteiger partial charge in [-0.2, -0.15) is 0 Å². The van der Waals surface area contributed by atoms with Gasteiger partial charge in [0.15, 0.2) is 0 Å². The Bertz CT molecular complexity index is 286. The minimum atomic E-state index is 0.718. The Kier molecular flexibility index (Phi) is 5.91. The molecule has 0 aromatic heterocycles. The van der Waals surface area contributed by atoms with Crippen LogP contribution in [0.4, 0.5) is 5.69 Å². The number of halogens is 1. The van der Waals surface area contributed by atoms with Crippen molar-refractivity contribution in [2.24, 2.45) is 0 Å². The van der Waals surface area contributed by atoms with Crippen molar-refractivity contribution >= 4 is 29.1 Å². The molecule has 2 nitrogen and oxygen atoms in total. The summed E-state index contributed by atoms with van der Waals surface area (Å²) >= 11 is 7.67. The Balaban J connectivity index is 2.37. The molecule has 0 bridgehead atoms. The SMILES string of the molecule is CCCOCCSc1c(N)cccc1Cl. The molecule has 0 saturated carbocycles. The van der Waals surface area contributed by atoms with Gasteiger partial charge in [-0.15, -0.1) is 11.8 Å². The highest BCUT2D eigenvalue weighted by atomic mass is 35.5. The zero-order valence-electron chi connectivity index (χ0n) is 8.83. The molecule has 2 N–H and O–H groups in total. The van der Waals surface area contributed by atoms with Gasteiger partial charge in [0.2, 0.25) is 0 Å². The summed E-state index contributed by atoms with van der Waals surface area (Å²) in [5, 5.41) is 0.718. The Morgan fingerprint density at radius 1 is 1.40 bits per heavy atom. The molecule has 0 atom stereocenters. The molecule has 84 valence electrons. The number of ether oxygens (including phenoxy) is 1. The predicted molar refractivity (Wildman–Crippen MR) is 67.7 cm³/mol. The van der Waals surface area contributed by atoms with Gasteiger partial charge in [0.1, 0.15) is 0 Å². The van der Waals surface area contributed by atoms with E-state index in [0.717, 1.165) is 41.0 Å². The Hall–Kier alpha value is -0.380. The highest BCUT2D eigenvalue weighted by Gasteiger charge is 2.04. The summed E-state index contributed by atoms with van der Waals surface area (Å²) in [5.41, 5.74) is 6.56. The standard InChI is InChI=1S/C11H16ClNOS/c1-2-6-14-7-8-15-11-9(12)4-3-5-10(11)13/h3-5H,2,6-8,13H2,1H3. The van der Waals surface area contributed by atoms with E-state index in [1.165, 1.54) is 0 Å². The van der Waals surface area contributed by atoms with Crippen molar-refractivity contribution in [1.29, 1.82) is 0 Å². The summed E-state index contributed by atoms with van der Waals surface area (Å²) in [6.45, 7) is 3.65. The van der Waals surface area contributed by atoms with E-state index < -0.39 is 0 Å². The fraction of sp³-hybridized carbons (Fsp3) is 0.455. The highest BCUT2D eigenvalue weighted by Crippen LogP contribution is 2.32. The van der Waals surface area contributed by atoms with E-state index in [1.54, 1.807) is 11.8 Å². The summed E-state index contributed by atoms with van der Waals surface area (Å²) in [6.07, 6.45) is 1.05. The molecule has 4 heteroatoms. The van der Waals surface area contributed by atoms with Crippen LogP contribution in [-0.4, -0.2) is 19.0 Å². The van der Waals surface area contributed by atoms with E-state index in [0.29, 0.717) is 0 Å². The monoisotopic (exact) mass is 245 g/mol. The average Bonchev–Trinajstić information content (AvgIpc) is 2.21. The average molecular weight is 246 g/mol. The predicted octanol–water partition coefficient (Wildman–Crippen LogP) is 3.44. The fourth-order valence-electron chi connectivity index (χ4n) is 1.13. The molecule has 0 aliphatic rings. The van der Waals surface area contributed by atoms with Gasteiger partial charge in [0, 0.05) is 22.9 Å². The molecule has 0 aliphatic carbocycles. The molecule has 1 aromatic rings. The van der Waals surface area contributed by atoms with Crippen LogP contribution in [-0.2, 0) is 4.74 Å². The Morgan fingerprint density at radius 3 is 2.87 bits per heavy atom. The zero-order chi connectivity index (χ0) is 11.1. The zero-order valence-corrected chi connectivity index (χ0v) is 10.4. The number of thioether (sulfide) groups is 1. The molecule has 0 saturated heterocycles. The number of hydrogen-bond donors (Lipinski definition) is 1. The first-order chi connectivity index (χ1) is 7.25. The van der Waals surface area contributed by atoms with Gasteiger partial charge in [-0.05, 0) is 18.6 Å². The molecule has 0 amide bonds. The number of hydrogen-bond acceptors (Lipinski definition) is 3. The van der Waals surface area contributed by atoms with Crippen molar-refractivity contribution < 1.29 is 4.74 Å². The molecule has 0 radical (unpaired) electrons. The smallest absolute Gasteiger partial charge is 0.0562 e. The van der Waals surface area contributed by atoms with Crippen LogP contribution in [0.5, 0.6) is 0 Å². The van der Waals surface area contributed by atoms with E-state index in [1.807, 2.05) is 18.2 Å². The first kappa shape index (κ1) is 12.7. The lowest BCUT2D eigenvalue weighted by atomic mass is 10.3. The van der Waals surface area contributed by atoms with E-state index >= 15 is 0 Å². The van der Waals surface area contributed by atoms with Gasteiger partial charge >= 0.3 is 0 Å². The minimum Gasteiger partial charge on any atom is -0.398 e. The normalized spacial score (nSPS) is 10.5. The van der Waals surface area contributed by atoms with E-state index in [2.05, 4.69) is 6.92 Å². The lowest BCUT2D eigenvalue weighted by Crippen LogP contribution is -1.99. The summed E-state index contributed by atoms with van der Waals surface area (Å²) < 4.78 is 5.38. The van der Waals surface area contributed by atoms with Crippen molar-refractivity contribution in [2.45, 2.75) is 18.2 Å². The molecular weight excluding hydrogens is 230 g/mol. The maximum Gasteiger partial charge on any atom is 0.0562 e. The molecule has 0 heterocycles. The van der Waals surface area contributed by atoms with Crippen molar-refractivity contribution in [3.05, 3.63) is 23.2 Å². The van der Waals surface area contributed by atoms with Crippen LogP contribution in [0, 0.1) is 0 Å². The van der Waals surface area contributed by atoms with Crippen LogP contribution in [0.3, 0.4) is 0 Å². The number of nitrogen functional groups attached to an aromatic ring is 1. The lowest BCUT2D eigenvalue weighted by Gasteiger charge is -2.07. The number of nitrogens with two attached hydrogens (primary N) is 1. The molecule has 0 aliphatic heterocycles. The quantitative estimate of drug-likeness (QED) is 0.474. The van der Waals surface area contributed by atoms with Gasteiger partial charge in [0.05, 0.1) is 11.6 Å². The third-order valence-electron chi connectivity index (χ3n) is 1.82. The van der Waals surface area contributed by atoms with Crippen LogP contribution in [0.1, 0.15) is 13.3 Å². The van der Waals surface area contributed by atoms with Crippen LogP contribution < -0.4 is 5.73 Å². The van der Waals surface area contributed by atoms with Crippen molar-refractivity contribution in [1.82, 2.24) is 0 Å². The van der Waals surface area contributed by atoms with E-state index in [4.69, 9.17) is 22.1 Å². The number of anilines is 1. The van der Waals surface area contributed by atoms with E-state index in [-0.39, 0.29) is 0 Å². The fourth-order valence-corrected chi connectivity index (χ4v) is 2.32. The Labute approximate surface area is 100 Å². The van der Waals surface area contributed by atoms with Crippen molar-refractivity contribution in [3.8, 4) is 0 Å². The summed E-state index contributed by atoms with van der Waals surface area (Å²) in [6, 6.07) is 5.57. The molecular formula is C11H16ClNOS. The van der Waals surface area contributed by atoms with Crippen molar-refractivity contribution in [2.75, 3.05) is 24.7 Å². The third-order valence-corrected chi connectivity index (χ3v) is 3.36. The van der Waals surface area contributed by atoms with Crippen LogP contribution in [0.25, 0.3) is 0 Å².